The van der Waals surface area contributed by atoms with Crippen LogP contribution in [-0.4, -0.2) is 149 Å². The zero-order valence-electron chi connectivity index (χ0n) is 51.3. The molecule has 3 spiro atoms. The summed E-state index contributed by atoms with van der Waals surface area (Å²) in [5, 5.41) is 23.4. The molecule has 7 aliphatic rings. The van der Waals surface area contributed by atoms with Crippen molar-refractivity contribution < 1.29 is 59.7 Å². The van der Waals surface area contributed by atoms with Gasteiger partial charge < -0.3 is 48.4 Å². The monoisotopic (exact) mass is 1270 g/mol. The highest BCUT2D eigenvalue weighted by Crippen LogP contribution is 2.61. The van der Waals surface area contributed by atoms with E-state index in [1.54, 1.807) is 96.5 Å². The Balaban J connectivity index is 0.000000122. The van der Waals surface area contributed by atoms with Crippen molar-refractivity contribution in [2.24, 2.45) is 54.0 Å². The summed E-state index contributed by atoms with van der Waals surface area (Å²) in [6, 6.07) is 13.1. The normalized spacial score (nSPS) is 20.7. The number of fused-ring (bicyclic) bond motifs is 3. The predicted octanol–water partition coefficient (Wildman–Crippen LogP) is 8.74. The molecule has 4 aliphatic carbocycles. The SMILES string of the molecule is Cn1cc(-c2ccno2)c(C(=O)N2CCC3(CC2)CC3CNC(=O)c2cc3ccncc3o2)n1.Cn1nc(C(=O)N2CCC3(CC2)CC3CNC(=O)c2cc3ccncc3o2)cc1C(F)(F)F.O=C(NCC1CC12CCN(C(=O)C1CC1)CC2)c1cc2ccncc2o1. The van der Waals surface area contributed by atoms with Gasteiger partial charge in [0.2, 0.25) is 5.91 Å². The number of amides is 6. The van der Waals surface area contributed by atoms with Gasteiger partial charge in [0.1, 0.15) is 5.69 Å². The Morgan fingerprint density at radius 1 is 0.559 bits per heavy atom. The van der Waals surface area contributed by atoms with Crippen LogP contribution in [0.25, 0.3) is 44.2 Å². The lowest BCUT2D eigenvalue weighted by Gasteiger charge is -2.33. The minimum Gasteiger partial charge on any atom is -0.449 e. The van der Waals surface area contributed by atoms with Crippen molar-refractivity contribution in [1.82, 2.24) is 70.3 Å². The summed E-state index contributed by atoms with van der Waals surface area (Å²) in [7, 11) is 2.96. The zero-order valence-corrected chi connectivity index (χ0v) is 51.3. The molecule has 4 saturated carbocycles. The summed E-state index contributed by atoms with van der Waals surface area (Å²) in [5.41, 5.74) is 2.28. The summed E-state index contributed by atoms with van der Waals surface area (Å²) >= 11 is 0. The molecule has 93 heavy (non-hydrogen) atoms. The summed E-state index contributed by atoms with van der Waals surface area (Å²) < 4.78 is 63.2. The van der Waals surface area contributed by atoms with Gasteiger partial charge >= 0.3 is 6.18 Å². The van der Waals surface area contributed by atoms with Gasteiger partial charge in [-0.1, -0.05) is 5.16 Å². The van der Waals surface area contributed by atoms with Crippen molar-refractivity contribution in [2.75, 3.05) is 58.9 Å². The van der Waals surface area contributed by atoms with Crippen LogP contribution < -0.4 is 16.0 Å². The van der Waals surface area contributed by atoms with Crippen LogP contribution in [0.15, 0.2) is 116 Å². The maximum absolute atomic E-state index is 13.2. The molecular formula is C66H69F3N14O10. The van der Waals surface area contributed by atoms with Crippen LogP contribution in [0.2, 0.25) is 0 Å². The van der Waals surface area contributed by atoms with Gasteiger partial charge in [-0.15, -0.1) is 0 Å². The Bertz CT molecular complexity index is 4210. The topological polar surface area (TPSA) is 288 Å². The van der Waals surface area contributed by atoms with Crippen molar-refractivity contribution in [1.29, 1.82) is 0 Å². The van der Waals surface area contributed by atoms with Crippen LogP contribution in [0.1, 0.15) is 129 Å². The van der Waals surface area contributed by atoms with Crippen LogP contribution in [0.4, 0.5) is 13.2 Å². The third-order valence-corrected chi connectivity index (χ3v) is 20.5. The highest BCUT2D eigenvalue weighted by molar-refractivity contribution is 5.99. The quantitative estimate of drug-likeness (QED) is 0.0972. The van der Waals surface area contributed by atoms with Crippen molar-refractivity contribution in [2.45, 2.75) is 76.8 Å². The minimum absolute atomic E-state index is 0.0586. The van der Waals surface area contributed by atoms with Crippen molar-refractivity contribution >= 4 is 68.4 Å². The summed E-state index contributed by atoms with van der Waals surface area (Å²) in [4.78, 5) is 92.9. The molecule has 9 aromatic heterocycles. The largest absolute Gasteiger partial charge is 0.449 e. The lowest BCUT2D eigenvalue weighted by Crippen LogP contribution is -2.41. The fourth-order valence-electron chi connectivity index (χ4n) is 14.3. The first kappa shape index (κ1) is 60.8. The smallest absolute Gasteiger partial charge is 0.433 e. The van der Waals surface area contributed by atoms with E-state index in [2.05, 4.69) is 51.2 Å². The summed E-state index contributed by atoms with van der Waals surface area (Å²) in [6.45, 7) is 5.83. The Morgan fingerprint density at radius 3 is 1.38 bits per heavy atom. The molecule has 3 saturated heterocycles. The first-order valence-electron chi connectivity index (χ1n) is 31.6. The van der Waals surface area contributed by atoms with Crippen molar-refractivity contribution in [3.8, 4) is 11.3 Å². The molecule has 12 heterocycles. The van der Waals surface area contributed by atoms with E-state index in [0.717, 1.165) is 106 Å². The van der Waals surface area contributed by atoms with Crippen LogP contribution in [0.3, 0.4) is 0 Å². The zero-order chi connectivity index (χ0) is 64.4. The number of nitrogens with one attached hydrogen (secondary N) is 3. The molecular weight excluding hydrogens is 1210 g/mol. The Kier molecular flexibility index (Phi) is 15.8. The maximum atomic E-state index is 13.2. The van der Waals surface area contributed by atoms with Gasteiger partial charge in [0, 0.05) is 132 Å². The number of nitrogens with zero attached hydrogens (tertiary/aromatic N) is 11. The van der Waals surface area contributed by atoms with Gasteiger partial charge in [0.25, 0.3) is 29.5 Å². The molecule has 0 aromatic carbocycles. The molecule has 3 unspecified atom stereocenters. The molecule has 16 rings (SSSR count). The third kappa shape index (κ3) is 12.6. The van der Waals surface area contributed by atoms with E-state index >= 15 is 0 Å². The molecule has 3 aliphatic heterocycles. The van der Waals surface area contributed by atoms with E-state index in [9.17, 15) is 41.9 Å². The number of furan rings is 3. The minimum atomic E-state index is -4.56. The van der Waals surface area contributed by atoms with Crippen LogP contribution in [0.5, 0.6) is 0 Å². The summed E-state index contributed by atoms with van der Waals surface area (Å²) in [5.74, 6) is 2.11. The van der Waals surface area contributed by atoms with E-state index in [1.807, 2.05) is 17.0 Å². The third-order valence-electron chi connectivity index (χ3n) is 20.5. The van der Waals surface area contributed by atoms with E-state index in [1.165, 1.54) is 7.05 Å². The van der Waals surface area contributed by atoms with Gasteiger partial charge in [-0.2, -0.15) is 23.4 Å². The average molecular weight is 1280 g/mol. The van der Waals surface area contributed by atoms with Gasteiger partial charge in [0.05, 0.1) is 30.4 Å². The first-order valence-corrected chi connectivity index (χ1v) is 31.6. The molecule has 0 bridgehead atoms. The number of rotatable bonds is 13. The molecule has 6 amide bonds. The van der Waals surface area contributed by atoms with Crippen molar-refractivity contribution in [3.05, 3.63) is 132 Å². The van der Waals surface area contributed by atoms with Gasteiger partial charge in [-0.25, -0.2) is 0 Å². The van der Waals surface area contributed by atoms with Crippen LogP contribution >= 0.6 is 0 Å². The Labute approximate surface area is 529 Å². The van der Waals surface area contributed by atoms with E-state index in [4.69, 9.17) is 17.8 Å². The molecule has 9 aromatic rings. The highest BCUT2D eigenvalue weighted by atomic mass is 19.4. The Morgan fingerprint density at radius 2 is 0.989 bits per heavy atom. The first-order chi connectivity index (χ1) is 44.8. The highest BCUT2D eigenvalue weighted by Gasteiger charge is 2.57. The van der Waals surface area contributed by atoms with Gasteiger partial charge in [-0.3, -0.25) is 53.1 Å². The van der Waals surface area contributed by atoms with Crippen LogP contribution in [-0.2, 0) is 25.1 Å². The molecule has 3 atom stereocenters. The number of carbonyl (C=O) groups is 6. The molecule has 484 valence electrons. The second-order valence-electron chi connectivity index (χ2n) is 26.2. The number of halogens is 3. The molecule has 27 heteroatoms. The predicted molar refractivity (Wildman–Crippen MR) is 326 cm³/mol. The number of carbonyl (C=O) groups excluding carboxylic acids is 6. The van der Waals surface area contributed by atoms with Gasteiger partial charge in [-0.05, 0) is 141 Å². The van der Waals surface area contributed by atoms with E-state index < -0.39 is 17.8 Å². The standard InChI is InChI=1S/C24H24N6O4.C22H22F3N5O3.C20H23N3O3/c1-29-14-17(18-3-7-27-34-18)21(28-29)23(32)30-8-4-24(5-9-30)11-16(24)12-26-22(31)19-10-15-2-6-25-13-20(15)33-19;1-29-18(22(23,24)25)9-15(28-29)20(32)30-6-3-21(4-7-30)10-14(21)11-27-19(31)16-8-13-2-5-26-12-17(13)33-16;24-18(16-9-14-3-6-21-12-17(14)26-16)22-11-15-10-20(15)4-7-23(8-5-20)19(25)13-1-2-13/h2-3,6-7,10,13-14,16H,4-5,8-9,11-12H2,1H3,(H,26,31);2,5,8-9,12,14H,3-4,6-7,10-11H2,1H3,(H,27,31);3,6,9,12-13,15H,1-2,4-5,7-8,10-11H2,(H,22,24). The second kappa shape index (κ2) is 24.1. The van der Waals surface area contributed by atoms with E-state index in [0.29, 0.717) is 131 Å². The number of hydrogen-bond donors (Lipinski definition) is 3. The fraction of sp³-hybridized carbons (Fsp3) is 0.455. The van der Waals surface area contributed by atoms with E-state index in [-0.39, 0.29) is 45.9 Å². The fourth-order valence-corrected chi connectivity index (χ4v) is 14.3. The summed E-state index contributed by atoms with van der Waals surface area (Å²) in [6.07, 6.45) is 19.3. The molecule has 7 fully saturated rings. The lowest BCUT2D eigenvalue weighted by atomic mass is 9.90. The average Bonchev–Trinajstić information content (AvgIpc) is 1.60. The number of aromatic nitrogens is 8. The number of alkyl halides is 3. The maximum Gasteiger partial charge on any atom is 0.433 e. The number of likely N-dealkylation sites (tertiary alicyclic amines) is 3. The number of hydrogen-bond acceptors (Lipinski definition) is 16. The number of piperidine rings is 3. The van der Waals surface area contributed by atoms with Gasteiger partial charge in [0.15, 0.2) is 51.2 Å². The second-order valence-corrected chi connectivity index (χ2v) is 26.2. The number of aryl methyl sites for hydroxylation is 2. The van der Waals surface area contributed by atoms with Crippen molar-refractivity contribution in [3.63, 3.8) is 0 Å². The lowest BCUT2D eigenvalue weighted by molar-refractivity contribution is -0.143. The molecule has 3 N–H and O–H groups in total. The Hall–Kier alpha value is -9.69. The van der Waals surface area contributed by atoms with Crippen LogP contribution in [0, 0.1) is 39.9 Å². The number of pyridine rings is 3. The molecule has 0 radical (unpaired) electrons. The molecule has 24 nitrogen and oxygen atoms in total.